The van der Waals surface area contributed by atoms with Gasteiger partial charge in [-0.15, -0.1) is 24.0 Å². The lowest BCUT2D eigenvalue weighted by Gasteiger charge is -2.12. The minimum Gasteiger partial charge on any atom is -0.491 e. The van der Waals surface area contributed by atoms with Crippen LogP contribution >= 0.6 is 24.0 Å². The number of para-hydroxylation sites is 1. The molecule has 4 nitrogen and oxygen atoms in total. The number of nitrogens with one attached hydrogen (secondary N) is 1. The van der Waals surface area contributed by atoms with Crippen LogP contribution in [-0.4, -0.2) is 19.1 Å². The number of hydrogen-bond acceptors (Lipinski definition) is 2. The second kappa shape index (κ2) is 6.63. The van der Waals surface area contributed by atoms with Crippen molar-refractivity contribution in [2.45, 2.75) is 13.0 Å². The number of ether oxygens (including phenoxy) is 1. The first-order valence-electron chi connectivity index (χ1n) is 5.59. The van der Waals surface area contributed by atoms with Crippen LogP contribution in [0, 0.1) is 0 Å². The lowest BCUT2D eigenvalue weighted by Crippen LogP contribution is -2.35. The topological polar surface area (TPSA) is 59.6 Å². The van der Waals surface area contributed by atoms with Crippen molar-refractivity contribution in [1.29, 1.82) is 0 Å². The van der Waals surface area contributed by atoms with E-state index in [1.165, 1.54) is 0 Å². The highest BCUT2D eigenvalue weighted by atomic mass is 127. The summed E-state index contributed by atoms with van der Waals surface area (Å²) in [5, 5.41) is 3.15. The summed E-state index contributed by atoms with van der Waals surface area (Å²) < 4.78 is 5.55. The highest BCUT2D eigenvalue weighted by Gasteiger charge is 2.23. The molecule has 98 valence electrons. The molecule has 3 N–H and O–H groups in total. The van der Waals surface area contributed by atoms with Gasteiger partial charge in [-0.1, -0.05) is 30.4 Å². The average molecular weight is 359 g/mol. The smallest absolute Gasteiger partial charge is 0.189 e. The highest BCUT2D eigenvalue weighted by Crippen LogP contribution is 2.31. The van der Waals surface area contributed by atoms with Gasteiger partial charge in [0.1, 0.15) is 12.4 Å². The fraction of sp³-hybridized carbons (Fsp3) is 0.308. The number of rotatable bonds is 3. The Morgan fingerprint density at radius 3 is 3.00 bits per heavy atom. The van der Waals surface area contributed by atoms with Gasteiger partial charge in [-0.3, -0.25) is 0 Å². The van der Waals surface area contributed by atoms with Crippen molar-refractivity contribution in [2.24, 2.45) is 10.7 Å². The molecule has 0 aromatic heterocycles. The molecule has 0 radical (unpaired) electrons. The molecule has 0 aliphatic carbocycles. The molecule has 0 saturated carbocycles. The molecule has 1 aliphatic rings. The van der Waals surface area contributed by atoms with Crippen molar-refractivity contribution >= 4 is 29.9 Å². The van der Waals surface area contributed by atoms with Crippen LogP contribution in [0.5, 0.6) is 5.75 Å². The van der Waals surface area contributed by atoms with E-state index in [0.717, 1.165) is 16.9 Å². The largest absolute Gasteiger partial charge is 0.491 e. The molecule has 1 heterocycles. The maximum absolute atomic E-state index is 5.80. The molecular formula is C13H18IN3O. The summed E-state index contributed by atoms with van der Waals surface area (Å²) in [5.74, 6) is 1.34. The quantitative estimate of drug-likeness (QED) is 0.377. The number of guanidine groups is 1. The summed E-state index contributed by atoms with van der Waals surface area (Å²) in [6.07, 6.45) is 0. The fourth-order valence-corrected chi connectivity index (χ4v) is 1.73. The third-order valence-electron chi connectivity index (χ3n) is 2.54. The lowest BCUT2D eigenvalue weighted by molar-refractivity contribution is 0.324. The van der Waals surface area contributed by atoms with Gasteiger partial charge in [-0.05, 0) is 13.0 Å². The molecule has 1 aromatic rings. The van der Waals surface area contributed by atoms with E-state index in [-0.39, 0.29) is 30.0 Å². The van der Waals surface area contributed by atoms with Crippen molar-refractivity contribution in [2.75, 3.05) is 13.2 Å². The molecule has 5 heteroatoms. The van der Waals surface area contributed by atoms with E-state index < -0.39 is 0 Å². The maximum atomic E-state index is 5.80. The highest BCUT2D eigenvalue weighted by molar-refractivity contribution is 14.0. The second-order valence-electron chi connectivity index (χ2n) is 4.20. The average Bonchev–Trinajstić information content (AvgIpc) is 2.70. The van der Waals surface area contributed by atoms with Crippen LogP contribution in [0.4, 0.5) is 0 Å². The Hall–Kier alpha value is -1.24. The third kappa shape index (κ3) is 3.63. The molecule has 1 aromatic carbocycles. The molecule has 0 amide bonds. The van der Waals surface area contributed by atoms with E-state index in [9.17, 15) is 0 Å². The van der Waals surface area contributed by atoms with Crippen LogP contribution in [0.15, 0.2) is 41.4 Å². The first-order valence-corrected chi connectivity index (χ1v) is 5.59. The monoisotopic (exact) mass is 359 g/mol. The Morgan fingerprint density at radius 2 is 2.28 bits per heavy atom. The minimum atomic E-state index is 0. The zero-order valence-corrected chi connectivity index (χ0v) is 12.7. The number of benzene rings is 1. The Bertz CT molecular complexity index is 459. The van der Waals surface area contributed by atoms with Crippen LogP contribution in [-0.2, 0) is 0 Å². The summed E-state index contributed by atoms with van der Waals surface area (Å²) in [7, 11) is 0. The van der Waals surface area contributed by atoms with Crippen LogP contribution in [0.3, 0.4) is 0 Å². The molecule has 1 unspecified atom stereocenters. The Morgan fingerprint density at radius 1 is 1.56 bits per heavy atom. The van der Waals surface area contributed by atoms with Gasteiger partial charge in [0.2, 0.25) is 0 Å². The second-order valence-corrected chi connectivity index (χ2v) is 4.20. The standard InChI is InChI=1S/C13H17N3O.HI/c1-9(2)7-15-13(14)16-11-8-17-12-6-4-3-5-10(11)12;/h3-6,11H,1,7-8H2,2H3,(H3,14,15,16);1H. The van der Waals surface area contributed by atoms with Crippen molar-refractivity contribution < 1.29 is 4.74 Å². The molecule has 0 fully saturated rings. The van der Waals surface area contributed by atoms with Gasteiger partial charge in [-0.2, -0.15) is 0 Å². The van der Waals surface area contributed by atoms with Crippen LogP contribution in [0.25, 0.3) is 0 Å². The molecule has 0 bridgehead atoms. The van der Waals surface area contributed by atoms with Gasteiger partial charge < -0.3 is 15.8 Å². The van der Waals surface area contributed by atoms with Gasteiger partial charge in [0.15, 0.2) is 5.96 Å². The van der Waals surface area contributed by atoms with E-state index in [0.29, 0.717) is 19.1 Å². The summed E-state index contributed by atoms with van der Waals surface area (Å²) in [5.41, 5.74) is 7.91. The summed E-state index contributed by atoms with van der Waals surface area (Å²) in [6.45, 7) is 6.84. The Kier molecular flexibility index (Phi) is 5.46. The SMILES string of the molecule is C=C(C)CN=C(N)NC1COc2ccccc21.I. The van der Waals surface area contributed by atoms with Crippen LogP contribution in [0.1, 0.15) is 18.5 Å². The molecule has 18 heavy (non-hydrogen) atoms. The van der Waals surface area contributed by atoms with Gasteiger partial charge >= 0.3 is 0 Å². The van der Waals surface area contributed by atoms with E-state index in [1.807, 2.05) is 31.2 Å². The van der Waals surface area contributed by atoms with Crippen molar-refractivity contribution in [3.05, 3.63) is 42.0 Å². The van der Waals surface area contributed by atoms with Gasteiger partial charge in [-0.25, -0.2) is 4.99 Å². The van der Waals surface area contributed by atoms with E-state index in [1.54, 1.807) is 0 Å². The summed E-state index contributed by atoms with van der Waals surface area (Å²) in [6, 6.07) is 8.02. The predicted molar refractivity (Wildman–Crippen MR) is 84.5 cm³/mol. The van der Waals surface area contributed by atoms with E-state index in [2.05, 4.69) is 16.9 Å². The minimum absolute atomic E-state index is 0. The molecule has 1 aliphatic heterocycles. The lowest BCUT2D eigenvalue weighted by atomic mass is 10.1. The van der Waals surface area contributed by atoms with Crippen LogP contribution < -0.4 is 15.8 Å². The van der Waals surface area contributed by atoms with Gasteiger partial charge in [0, 0.05) is 5.56 Å². The van der Waals surface area contributed by atoms with Crippen molar-refractivity contribution in [3.8, 4) is 5.75 Å². The van der Waals surface area contributed by atoms with Gasteiger partial charge in [0.25, 0.3) is 0 Å². The Balaban J connectivity index is 0.00000162. The van der Waals surface area contributed by atoms with Crippen molar-refractivity contribution in [1.82, 2.24) is 5.32 Å². The zero-order valence-electron chi connectivity index (χ0n) is 10.3. The molecule has 1 atom stereocenters. The first-order chi connectivity index (χ1) is 8.16. The van der Waals surface area contributed by atoms with Crippen molar-refractivity contribution in [3.63, 3.8) is 0 Å². The first kappa shape index (κ1) is 14.8. The fourth-order valence-electron chi connectivity index (χ4n) is 1.73. The predicted octanol–water partition coefficient (Wildman–Crippen LogP) is 2.22. The number of halogens is 1. The summed E-state index contributed by atoms with van der Waals surface area (Å²) in [4.78, 5) is 4.19. The molecule has 0 saturated heterocycles. The van der Waals surface area contributed by atoms with Crippen LogP contribution in [0.2, 0.25) is 0 Å². The third-order valence-corrected chi connectivity index (χ3v) is 2.54. The number of nitrogens with two attached hydrogens (primary N) is 1. The Labute approximate surface area is 124 Å². The molecular weight excluding hydrogens is 341 g/mol. The van der Waals surface area contributed by atoms with E-state index in [4.69, 9.17) is 10.5 Å². The number of aliphatic imine (C=N–C) groups is 1. The normalized spacial score (nSPS) is 17.4. The van der Waals surface area contributed by atoms with E-state index >= 15 is 0 Å². The number of fused-ring (bicyclic) bond motifs is 1. The molecule has 0 spiro atoms. The summed E-state index contributed by atoms with van der Waals surface area (Å²) >= 11 is 0. The van der Waals surface area contributed by atoms with Gasteiger partial charge in [0.05, 0.1) is 12.6 Å². The zero-order chi connectivity index (χ0) is 12.3. The number of hydrogen-bond donors (Lipinski definition) is 2. The molecule has 2 rings (SSSR count). The number of nitrogens with zero attached hydrogens (tertiary/aromatic N) is 1. The maximum Gasteiger partial charge on any atom is 0.189 e.